The van der Waals surface area contributed by atoms with Crippen molar-refractivity contribution < 1.29 is 14.0 Å². The Bertz CT molecular complexity index is 795. The van der Waals surface area contributed by atoms with Crippen molar-refractivity contribution in [1.29, 1.82) is 0 Å². The van der Waals surface area contributed by atoms with Crippen LogP contribution in [0.5, 0.6) is 0 Å². The Morgan fingerprint density at radius 1 is 1.32 bits per heavy atom. The summed E-state index contributed by atoms with van der Waals surface area (Å²) < 4.78 is 12.3. The van der Waals surface area contributed by atoms with Crippen molar-refractivity contribution >= 4 is 0 Å². The number of likely N-dealkylation sites (tertiary alicyclic amines) is 1. The lowest BCUT2D eigenvalue weighted by atomic mass is 9.95. The molecule has 1 aliphatic heterocycles. The van der Waals surface area contributed by atoms with Crippen molar-refractivity contribution in [3.8, 4) is 11.7 Å². The van der Waals surface area contributed by atoms with Crippen LogP contribution in [0.4, 0.5) is 0 Å². The molecular formula is C17H21N5O3. The highest BCUT2D eigenvalue weighted by Gasteiger charge is 2.24. The van der Waals surface area contributed by atoms with Crippen LogP contribution in [0.3, 0.4) is 0 Å². The van der Waals surface area contributed by atoms with Gasteiger partial charge in [-0.2, -0.15) is 10.1 Å². The molecule has 3 aromatic rings. The van der Waals surface area contributed by atoms with Crippen molar-refractivity contribution in [2.24, 2.45) is 0 Å². The number of piperidine rings is 1. The van der Waals surface area contributed by atoms with Gasteiger partial charge in [-0.25, -0.2) is 0 Å². The molecular weight excluding hydrogens is 322 g/mol. The molecule has 0 amide bonds. The van der Waals surface area contributed by atoms with E-state index in [4.69, 9.17) is 14.0 Å². The first-order chi connectivity index (χ1) is 12.3. The standard InChI is InChI=1S/C17H21N5O3/c23-9-8-22-7-5-14(19-22)13-3-1-6-21(11-13)12-16-18-17(25-20-16)15-4-2-10-24-15/h2,4-5,7,10,13,23H,1,3,6,8-9,11-12H2/t13-/m0/s1. The SMILES string of the molecule is OCCn1ccc([C@H]2CCCN(Cc3noc(-c4ccco4)n3)C2)n1. The van der Waals surface area contributed by atoms with E-state index in [2.05, 4.69) is 20.1 Å². The van der Waals surface area contributed by atoms with E-state index in [-0.39, 0.29) is 6.61 Å². The first-order valence-corrected chi connectivity index (χ1v) is 8.55. The van der Waals surface area contributed by atoms with Crippen molar-refractivity contribution in [3.05, 3.63) is 42.2 Å². The largest absolute Gasteiger partial charge is 0.459 e. The quantitative estimate of drug-likeness (QED) is 0.730. The van der Waals surface area contributed by atoms with Gasteiger partial charge in [0.2, 0.25) is 0 Å². The van der Waals surface area contributed by atoms with Gasteiger partial charge in [-0.3, -0.25) is 9.58 Å². The van der Waals surface area contributed by atoms with Gasteiger partial charge in [0.25, 0.3) is 5.89 Å². The monoisotopic (exact) mass is 343 g/mol. The van der Waals surface area contributed by atoms with Crippen molar-refractivity contribution in [3.63, 3.8) is 0 Å². The fourth-order valence-electron chi connectivity index (χ4n) is 3.28. The van der Waals surface area contributed by atoms with Crippen molar-refractivity contribution in [2.45, 2.75) is 31.8 Å². The highest BCUT2D eigenvalue weighted by Crippen LogP contribution is 2.26. The molecule has 1 N–H and O–H groups in total. The van der Waals surface area contributed by atoms with Gasteiger partial charge >= 0.3 is 0 Å². The summed E-state index contributed by atoms with van der Waals surface area (Å²) in [6.07, 6.45) is 5.75. The average molecular weight is 343 g/mol. The zero-order chi connectivity index (χ0) is 17.1. The number of aliphatic hydroxyl groups is 1. The lowest BCUT2D eigenvalue weighted by Crippen LogP contribution is -2.34. The van der Waals surface area contributed by atoms with Crippen LogP contribution in [0.25, 0.3) is 11.7 Å². The van der Waals surface area contributed by atoms with Gasteiger partial charge in [-0.1, -0.05) is 5.16 Å². The Kier molecular flexibility index (Phi) is 4.62. The van der Waals surface area contributed by atoms with Gasteiger partial charge in [0.1, 0.15) is 0 Å². The number of hydrogen-bond acceptors (Lipinski definition) is 7. The minimum atomic E-state index is 0.105. The zero-order valence-corrected chi connectivity index (χ0v) is 13.9. The molecule has 0 aliphatic carbocycles. The van der Waals surface area contributed by atoms with Gasteiger partial charge in [0.15, 0.2) is 11.6 Å². The van der Waals surface area contributed by atoms with Crippen LogP contribution >= 0.6 is 0 Å². The Hall–Kier alpha value is -2.45. The lowest BCUT2D eigenvalue weighted by Gasteiger charge is -2.30. The summed E-state index contributed by atoms with van der Waals surface area (Å²) in [6, 6.07) is 5.65. The number of hydrogen-bond donors (Lipinski definition) is 1. The number of aromatic nitrogens is 4. The van der Waals surface area contributed by atoms with Gasteiger partial charge in [-0.15, -0.1) is 0 Å². The first kappa shape index (κ1) is 16.0. The summed E-state index contributed by atoms with van der Waals surface area (Å²) in [5.74, 6) is 2.06. The molecule has 0 aromatic carbocycles. The molecule has 4 heterocycles. The molecule has 4 rings (SSSR count). The highest BCUT2D eigenvalue weighted by atomic mass is 16.5. The third-order valence-corrected chi connectivity index (χ3v) is 4.48. The zero-order valence-electron chi connectivity index (χ0n) is 13.9. The van der Waals surface area contributed by atoms with E-state index >= 15 is 0 Å². The molecule has 1 atom stereocenters. The molecule has 8 nitrogen and oxygen atoms in total. The van der Waals surface area contributed by atoms with Crippen LogP contribution in [-0.2, 0) is 13.1 Å². The van der Waals surface area contributed by atoms with Gasteiger partial charge < -0.3 is 14.0 Å². The molecule has 1 fully saturated rings. The third-order valence-electron chi connectivity index (χ3n) is 4.48. The maximum Gasteiger partial charge on any atom is 0.293 e. The third kappa shape index (κ3) is 3.64. The molecule has 25 heavy (non-hydrogen) atoms. The summed E-state index contributed by atoms with van der Waals surface area (Å²) in [6.45, 7) is 3.22. The van der Waals surface area contributed by atoms with Crippen LogP contribution in [0.1, 0.15) is 30.3 Å². The minimum Gasteiger partial charge on any atom is -0.459 e. The van der Waals surface area contributed by atoms with Crippen LogP contribution in [0, 0.1) is 0 Å². The van der Waals surface area contributed by atoms with Crippen molar-refractivity contribution in [1.82, 2.24) is 24.8 Å². The summed E-state index contributed by atoms with van der Waals surface area (Å²) in [5.41, 5.74) is 1.09. The van der Waals surface area contributed by atoms with Crippen LogP contribution in [0.15, 0.2) is 39.6 Å². The molecule has 132 valence electrons. The number of nitrogens with zero attached hydrogens (tertiary/aromatic N) is 5. The molecule has 0 unspecified atom stereocenters. The summed E-state index contributed by atoms with van der Waals surface area (Å²) in [5, 5.41) is 17.6. The second-order valence-electron chi connectivity index (χ2n) is 6.29. The van der Waals surface area contributed by atoms with E-state index in [9.17, 15) is 0 Å². The second-order valence-corrected chi connectivity index (χ2v) is 6.29. The fourth-order valence-corrected chi connectivity index (χ4v) is 3.28. The van der Waals surface area contributed by atoms with E-state index in [0.29, 0.717) is 36.5 Å². The van der Waals surface area contributed by atoms with Gasteiger partial charge in [0, 0.05) is 18.7 Å². The average Bonchev–Trinajstić information content (AvgIpc) is 3.37. The molecule has 1 aliphatic rings. The molecule has 8 heteroatoms. The predicted octanol–water partition coefficient (Wildman–Crippen LogP) is 1.90. The number of rotatable bonds is 6. The van der Waals surface area contributed by atoms with Crippen LogP contribution < -0.4 is 0 Å². The van der Waals surface area contributed by atoms with E-state index in [1.165, 1.54) is 0 Å². The smallest absolute Gasteiger partial charge is 0.293 e. The highest BCUT2D eigenvalue weighted by molar-refractivity contribution is 5.42. The Labute approximate surface area is 145 Å². The lowest BCUT2D eigenvalue weighted by molar-refractivity contribution is 0.191. The Morgan fingerprint density at radius 3 is 3.12 bits per heavy atom. The van der Waals surface area contributed by atoms with E-state index in [1.807, 2.05) is 12.3 Å². The molecule has 0 saturated carbocycles. The molecule has 1 saturated heterocycles. The molecule has 3 aromatic heterocycles. The predicted molar refractivity (Wildman–Crippen MR) is 88.6 cm³/mol. The van der Waals surface area contributed by atoms with Gasteiger partial charge in [-0.05, 0) is 37.6 Å². The first-order valence-electron chi connectivity index (χ1n) is 8.55. The Morgan fingerprint density at radius 2 is 2.28 bits per heavy atom. The number of aliphatic hydroxyl groups excluding tert-OH is 1. The summed E-state index contributed by atoms with van der Waals surface area (Å²) in [4.78, 5) is 6.74. The number of furan rings is 1. The molecule has 0 spiro atoms. The summed E-state index contributed by atoms with van der Waals surface area (Å²) in [7, 11) is 0. The summed E-state index contributed by atoms with van der Waals surface area (Å²) >= 11 is 0. The fraction of sp³-hybridized carbons (Fsp3) is 0.471. The van der Waals surface area contributed by atoms with E-state index in [1.54, 1.807) is 23.1 Å². The van der Waals surface area contributed by atoms with Gasteiger partial charge in [0.05, 0.1) is 31.7 Å². The van der Waals surface area contributed by atoms with E-state index < -0.39 is 0 Å². The van der Waals surface area contributed by atoms with Crippen LogP contribution in [-0.4, -0.2) is 49.6 Å². The van der Waals surface area contributed by atoms with Crippen LogP contribution in [0.2, 0.25) is 0 Å². The second kappa shape index (κ2) is 7.20. The normalized spacial score (nSPS) is 18.7. The Balaban J connectivity index is 1.39. The molecule has 0 bridgehead atoms. The van der Waals surface area contributed by atoms with E-state index in [0.717, 1.165) is 31.6 Å². The van der Waals surface area contributed by atoms with Crippen molar-refractivity contribution in [2.75, 3.05) is 19.7 Å². The topological polar surface area (TPSA) is 93.3 Å². The minimum absolute atomic E-state index is 0.105. The maximum absolute atomic E-state index is 9.02. The maximum atomic E-state index is 9.02. The molecule has 0 radical (unpaired) electrons.